The zero-order valence-corrected chi connectivity index (χ0v) is 8.80. The Bertz CT molecular complexity index is 344. The van der Waals surface area contributed by atoms with Crippen molar-refractivity contribution in [2.45, 2.75) is 6.18 Å². The normalized spacial score (nSPS) is 9.19. The molecule has 0 aliphatic rings. The third-order valence-corrected chi connectivity index (χ3v) is 1.57. The van der Waals surface area contributed by atoms with Crippen LogP contribution in [0.4, 0.5) is 18.9 Å². The molecule has 1 rings (SSSR count). The number of aldehydes is 1. The maximum absolute atomic E-state index is 12.2. The first kappa shape index (κ1) is 20.3. The van der Waals surface area contributed by atoms with Gasteiger partial charge in [-0.1, -0.05) is 6.07 Å². The Labute approximate surface area is 99.7 Å². The zero-order chi connectivity index (χ0) is 10.1. The molecule has 16 heavy (non-hydrogen) atoms. The quantitative estimate of drug-likeness (QED) is 0.481. The molecule has 1 aromatic rings. The van der Waals surface area contributed by atoms with Crippen molar-refractivity contribution in [3.63, 3.8) is 0 Å². The molecule has 0 unspecified atom stereocenters. The van der Waals surface area contributed by atoms with E-state index >= 15 is 0 Å². The second kappa shape index (κ2) is 7.24. The maximum Gasteiger partial charge on any atom is 0.418 e. The van der Waals surface area contributed by atoms with E-state index in [1.54, 1.807) is 0 Å². The number of nitrogen functional groups attached to an aromatic ring is 1. The van der Waals surface area contributed by atoms with Gasteiger partial charge in [0.1, 0.15) is 0 Å². The van der Waals surface area contributed by atoms with Crippen LogP contribution in [-0.4, -0.2) is 6.29 Å². The van der Waals surface area contributed by atoms with Crippen molar-refractivity contribution in [1.82, 2.24) is 0 Å². The van der Waals surface area contributed by atoms with Gasteiger partial charge in [-0.25, -0.2) is 0 Å². The summed E-state index contributed by atoms with van der Waals surface area (Å²) in [6.45, 7) is 0. The molecule has 0 bridgehead atoms. The molecule has 0 aromatic heterocycles. The Balaban J connectivity index is -0.000000563. The molecular weight excluding hydrogens is 270 g/mol. The smallest absolute Gasteiger partial charge is 0.418 e. The number of nitrogens with two attached hydrogens (primary N) is 1. The van der Waals surface area contributed by atoms with Crippen molar-refractivity contribution in [3.05, 3.63) is 29.3 Å². The van der Waals surface area contributed by atoms with Gasteiger partial charge in [0.25, 0.3) is 0 Å². The second-order valence-corrected chi connectivity index (χ2v) is 2.42. The van der Waals surface area contributed by atoms with Gasteiger partial charge < -0.3 is 16.7 Å². The minimum atomic E-state index is -4.51. The first-order valence-electron chi connectivity index (χ1n) is 3.37. The fraction of sp³-hybridized carbons (Fsp3) is 0.125. The van der Waals surface area contributed by atoms with E-state index in [2.05, 4.69) is 0 Å². The van der Waals surface area contributed by atoms with E-state index in [1.165, 1.54) is 6.07 Å². The molecular formula is C8H6F3MnNO3-4. The summed E-state index contributed by atoms with van der Waals surface area (Å²) < 4.78 is 36.5. The SMILES string of the molecule is Nc1c(C=O)cccc1C(F)(F)F.[Mn].[O-2].[O-2]. The van der Waals surface area contributed by atoms with Crippen LogP contribution >= 0.6 is 0 Å². The number of rotatable bonds is 1. The Morgan fingerprint density at radius 2 is 1.69 bits per heavy atom. The van der Waals surface area contributed by atoms with Crippen molar-refractivity contribution in [2.75, 3.05) is 5.73 Å². The van der Waals surface area contributed by atoms with Gasteiger partial charge in [0, 0.05) is 22.6 Å². The van der Waals surface area contributed by atoms with Crippen LogP contribution in [0.25, 0.3) is 0 Å². The molecule has 0 atom stereocenters. The second-order valence-electron chi connectivity index (χ2n) is 2.42. The number of carbonyl (C=O) groups is 1. The molecule has 0 saturated heterocycles. The topological polar surface area (TPSA) is 100 Å². The molecule has 0 spiro atoms. The predicted molar refractivity (Wildman–Crippen MR) is 42.6 cm³/mol. The molecule has 0 fully saturated rings. The molecule has 4 nitrogen and oxygen atoms in total. The van der Waals surface area contributed by atoms with E-state index in [-0.39, 0.29) is 33.6 Å². The van der Waals surface area contributed by atoms with Crippen molar-refractivity contribution in [2.24, 2.45) is 0 Å². The van der Waals surface area contributed by atoms with Gasteiger partial charge in [-0.2, -0.15) is 13.2 Å². The van der Waals surface area contributed by atoms with E-state index in [1.807, 2.05) is 0 Å². The molecule has 0 amide bonds. The van der Waals surface area contributed by atoms with Gasteiger partial charge in [-0.05, 0) is 12.1 Å². The first-order valence-corrected chi connectivity index (χ1v) is 3.37. The first-order chi connectivity index (χ1) is 5.96. The van der Waals surface area contributed by atoms with E-state index in [0.717, 1.165) is 12.1 Å². The Kier molecular flexibility index (Phi) is 9.20. The summed E-state index contributed by atoms with van der Waals surface area (Å²) in [4.78, 5) is 10.3. The molecule has 0 aliphatic heterocycles. The van der Waals surface area contributed by atoms with Crippen LogP contribution < -0.4 is 5.73 Å². The van der Waals surface area contributed by atoms with Gasteiger partial charge in [-0.15, -0.1) is 0 Å². The predicted octanol–water partition coefficient (Wildman–Crippen LogP) is 1.86. The number of benzene rings is 1. The average Bonchev–Trinajstić information content (AvgIpc) is 2.02. The van der Waals surface area contributed by atoms with Crippen molar-refractivity contribution in [1.29, 1.82) is 0 Å². The van der Waals surface area contributed by atoms with Crippen LogP contribution in [0.2, 0.25) is 0 Å². The maximum atomic E-state index is 12.2. The van der Waals surface area contributed by atoms with E-state index in [4.69, 9.17) is 5.73 Å². The van der Waals surface area contributed by atoms with Gasteiger partial charge in [-0.3, -0.25) is 4.79 Å². The summed E-state index contributed by atoms with van der Waals surface area (Å²) in [5, 5.41) is 0. The third kappa shape index (κ3) is 4.19. The van der Waals surface area contributed by atoms with Gasteiger partial charge in [0.2, 0.25) is 0 Å². The van der Waals surface area contributed by atoms with E-state index in [9.17, 15) is 18.0 Å². The number of hydrogen-bond acceptors (Lipinski definition) is 2. The van der Waals surface area contributed by atoms with Crippen LogP contribution in [0.5, 0.6) is 0 Å². The van der Waals surface area contributed by atoms with Crippen LogP contribution in [0.15, 0.2) is 18.2 Å². The Morgan fingerprint density at radius 1 is 1.19 bits per heavy atom. The summed E-state index contributed by atoms with van der Waals surface area (Å²) in [5.41, 5.74) is 3.49. The molecule has 1 radical (unpaired) electrons. The summed E-state index contributed by atoms with van der Waals surface area (Å²) in [5.74, 6) is 0. The molecule has 1 aromatic carbocycles. The molecule has 0 aliphatic carbocycles. The average molecular weight is 276 g/mol. The van der Waals surface area contributed by atoms with Crippen molar-refractivity contribution in [3.8, 4) is 0 Å². The largest absolute Gasteiger partial charge is 2.00 e. The van der Waals surface area contributed by atoms with Crippen LogP contribution in [-0.2, 0) is 34.2 Å². The summed E-state index contributed by atoms with van der Waals surface area (Å²) in [7, 11) is 0. The minimum absolute atomic E-state index is 0. The Morgan fingerprint density at radius 3 is 2.06 bits per heavy atom. The standard InChI is InChI=1S/C8H6F3NO.Mn.2O/c9-8(10,11)6-3-1-2-5(4-13)7(6)12;;;/h1-4H,12H2;;;/q;;2*-2. The van der Waals surface area contributed by atoms with E-state index in [0.29, 0.717) is 6.29 Å². The van der Waals surface area contributed by atoms with Crippen molar-refractivity contribution < 1.29 is 46.0 Å². The summed E-state index contributed by atoms with van der Waals surface area (Å²) in [6, 6.07) is 3.21. The fourth-order valence-corrected chi connectivity index (χ4v) is 0.933. The van der Waals surface area contributed by atoms with Crippen LogP contribution in [0.1, 0.15) is 15.9 Å². The molecule has 8 heteroatoms. The molecule has 2 N–H and O–H groups in total. The monoisotopic (exact) mass is 276 g/mol. The number of carbonyl (C=O) groups excluding carboxylic acids is 1. The van der Waals surface area contributed by atoms with Gasteiger partial charge in [0.05, 0.1) is 11.3 Å². The molecule has 93 valence electrons. The summed E-state index contributed by atoms with van der Waals surface area (Å²) in [6.07, 6.45) is -4.21. The summed E-state index contributed by atoms with van der Waals surface area (Å²) >= 11 is 0. The number of para-hydroxylation sites is 1. The minimum Gasteiger partial charge on any atom is -2.00 e. The molecule has 0 saturated carbocycles. The number of anilines is 1. The number of hydrogen-bond donors (Lipinski definition) is 1. The van der Waals surface area contributed by atoms with Crippen LogP contribution in [0, 0.1) is 0 Å². The fourth-order valence-electron chi connectivity index (χ4n) is 0.933. The molecule has 0 heterocycles. The van der Waals surface area contributed by atoms with Gasteiger partial charge in [0.15, 0.2) is 6.29 Å². The number of halogens is 3. The van der Waals surface area contributed by atoms with Gasteiger partial charge >= 0.3 is 6.18 Å². The van der Waals surface area contributed by atoms with Crippen LogP contribution in [0.3, 0.4) is 0 Å². The zero-order valence-electron chi connectivity index (χ0n) is 7.62. The Hall–Kier alpha value is -1.08. The third-order valence-electron chi connectivity index (χ3n) is 1.57. The van der Waals surface area contributed by atoms with Crippen molar-refractivity contribution >= 4 is 12.0 Å². The van der Waals surface area contributed by atoms with E-state index < -0.39 is 17.4 Å². The number of alkyl halides is 3.